The molecule has 6 heteroatoms. The van der Waals surface area contributed by atoms with Crippen molar-refractivity contribution in [1.29, 1.82) is 0 Å². The van der Waals surface area contributed by atoms with Gasteiger partial charge >= 0.3 is 0 Å². The summed E-state index contributed by atoms with van der Waals surface area (Å²) in [5.41, 5.74) is 4.01. The summed E-state index contributed by atoms with van der Waals surface area (Å²) in [5.74, 6) is 0.677. The molecule has 1 aromatic heterocycles. The molecule has 0 saturated carbocycles. The second-order valence-corrected chi connectivity index (χ2v) is 7.94. The van der Waals surface area contributed by atoms with Crippen molar-refractivity contribution in [3.05, 3.63) is 75.4 Å². The lowest BCUT2D eigenvalue weighted by Gasteiger charge is -2.36. The van der Waals surface area contributed by atoms with Crippen LogP contribution in [0.25, 0.3) is 16.7 Å². The predicted molar refractivity (Wildman–Crippen MR) is 112 cm³/mol. The summed E-state index contributed by atoms with van der Waals surface area (Å²) in [6, 6.07) is 12.7. The maximum atomic E-state index is 13.1. The van der Waals surface area contributed by atoms with Crippen LogP contribution in [0.2, 0.25) is 10.0 Å². The summed E-state index contributed by atoms with van der Waals surface area (Å²) in [7, 11) is 0. The molecule has 2 aliphatic heterocycles. The van der Waals surface area contributed by atoms with Crippen molar-refractivity contribution in [2.75, 3.05) is 5.32 Å². The fraction of sp³-hybridized carbons (Fsp3) is 0.182. The Bertz CT molecular complexity index is 1170. The van der Waals surface area contributed by atoms with E-state index >= 15 is 0 Å². The molecular formula is C22H16Cl2N2O2. The van der Waals surface area contributed by atoms with Crippen molar-refractivity contribution < 1.29 is 9.53 Å². The van der Waals surface area contributed by atoms with Gasteiger partial charge in [0.25, 0.3) is 0 Å². The Morgan fingerprint density at radius 2 is 2.04 bits per heavy atom. The average molecular weight is 411 g/mol. The number of ether oxygens (including phenoxy) is 1. The van der Waals surface area contributed by atoms with Gasteiger partial charge in [-0.2, -0.15) is 0 Å². The van der Waals surface area contributed by atoms with E-state index in [1.54, 1.807) is 18.3 Å². The molecule has 2 aliphatic rings. The number of nitrogens with zero attached hydrogens (tertiary/aromatic N) is 1. The standard InChI is InChI=1S/C22H16Cl2N2O2/c1-11-9-18(27)20-21(13-5-4-12(23)10-15(13)24)26-17-7-6-16-14(3-2-8-25-16)19(17)22(20)28-11/h2-8,10-11,21,26H,9H2,1H3. The van der Waals surface area contributed by atoms with E-state index < -0.39 is 6.04 Å². The fourth-order valence-electron chi connectivity index (χ4n) is 4.00. The van der Waals surface area contributed by atoms with Gasteiger partial charge in [-0.05, 0) is 42.8 Å². The molecule has 3 heterocycles. The maximum absolute atomic E-state index is 13.1. The lowest BCUT2D eigenvalue weighted by Crippen LogP contribution is -2.32. The zero-order valence-electron chi connectivity index (χ0n) is 15.0. The predicted octanol–water partition coefficient (Wildman–Crippen LogP) is 5.80. The van der Waals surface area contributed by atoms with E-state index in [2.05, 4.69) is 10.3 Å². The van der Waals surface area contributed by atoms with E-state index in [0.29, 0.717) is 27.8 Å². The lowest BCUT2D eigenvalue weighted by atomic mass is 9.84. The average Bonchev–Trinajstić information content (AvgIpc) is 2.66. The Morgan fingerprint density at radius 3 is 2.86 bits per heavy atom. The molecule has 5 rings (SSSR count). The first-order chi connectivity index (χ1) is 13.5. The Balaban J connectivity index is 1.80. The van der Waals surface area contributed by atoms with Gasteiger partial charge in [-0.1, -0.05) is 35.3 Å². The number of Topliss-reactive ketones (excluding diaryl/α,β-unsaturated/α-hetero) is 1. The highest BCUT2D eigenvalue weighted by atomic mass is 35.5. The van der Waals surface area contributed by atoms with Crippen LogP contribution in [0.5, 0.6) is 0 Å². The van der Waals surface area contributed by atoms with E-state index in [-0.39, 0.29) is 11.9 Å². The first kappa shape index (κ1) is 17.5. The molecule has 1 N–H and O–H groups in total. The molecule has 0 saturated heterocycles. The molecule has 0 bridgehead atoms. The van der Waals surface area contributed by atoms with Crippen LogP contribution < -0.4 is 5.32 Å². The topological polar surface area (TPSA) is 51.2 Å². The Hall–Kier alpha value is -2.56. The van der Waals surface area contributed by atoms with Crippen LogP contribution in [0.4, 0.5) is 5.69 Å². The van der Waals surface area contributed by atoms with Gasteiger partial charge in [0.05, 0.1) is 17.1 Å². The highest BCUT2D eigenvalue weighted by molar-refractivity contribution is 6.35. The summed E-state index contributed by atoms with van der Waals surface area (Å²) in [5, 5.41) is 5.50. The SMILES string of the molecule is CC1CC(=O)C2=C(O1)c1c(ccc3ncccc13)NC2c1ccc(Cl)cc1Cl. The Labute approximate surface area is 172 Å². The molecule has 0 amide bonds. The van der Waals surface area contributed by atoms with Crippen LogP contribution in [0.15, 0.2) is 54.2 Å². The summed E-state index contributed by atoms with van der Waals surface area (Å²) < 4.78 is 6.23. The number of hydrogen-bond acceptors (Lipinski definition) is 4. The number of pyridine rings is 1. The smallest absolute Gasteiger partial charge is 0.168 e. The lowest BCUT2D eigenvalue weighted by molar-refractivity contribution is -0.118. The number of carbonyl (C=O) groups is 1. The Morgan fingerprint density at radius 1 is 1.18 bits per heavy atom. The van der Waals surface area contributed by atoms with Crippen LogP contribution >= 0.6 is 23.2 Å². The van der Waals surface area contributed by atoms with E-state index in [0.717, 1.165) is 27.7 Å². The molecule has 28 heavy (non-hydrogen) atoms. The van der Waals surface area contributed by atoms with Crippen molar-refractivity contribution in [3.8, 4) is 0 Å². The third kappa shape index (κ3) is 2.67. The summed E-state index contributed by atoms with van der Waals surface area (Å²) >= 11 is 12.6. The Kier molecular flexibility index (Phi) is 4.07. The number of halogens is 2. The normalized spacial score (nSPS) is 21.0. The molecule has 4 nitrogen and oxygen atoms in total. The molecule has 3 aromatic rings. The van der Waals surface area contributed by atoms with Gasteiger partial charge < -0.3 is 10.1 Å². The number of anilines is 1. The highest BCUT2D eigenvalue weighted by Gasteiger charge is 2.39. The van der Waals surface area contributed by atoms with Gasteiger partial charge in [-0.25, -0.2) is 0 Å². The number of fused-ring (bicyclic) bond motifs is 4. The largest absolute Gasteiger partial charge is 0.489 e. The quantitative estimate of drug-likeness (QED) is 0.550. The molecule has 2 aromatic carbocycles. The molecule has 2 unspecified atom stereocenters. The van der Waals surface area contributed by atoms with Crippen LogP contribution in [0.1, 0.15) is 30.5 Å². The number of hydrogen-bond donors (Lipinski definition) is 1. The minimum atomic E-state index is -0.401. The maximum Gasteiger partial charge on any atom is 0.168 e. The first-order valence-electron chi connectivity index (χ1n) is 9.06. The third-order valence-electron chi connectivity index (χ3n) is 5.21. The van der Waals surface area contributed by atoms with Gasteiger partial charge in [0.1, 0.15) is 11.9 Å². The van der Waals surface area contributed by atoms with E-state index in [1.165, 1.54) is 0 Å². The van der Waals surface area contributed by atoms with Crippen LogP contribution in [-0.2, 0) is 9.53 Å². The molecule has 140 valence electrons. The third-order valence-corrected chi connectivity index (χ3v) is 5.77. The minimum Gasteiger partial charge on any atom is -0.489 e. The van der Waals surface area contributed by atoms with Crippen molar-refractivity contribution in [2.24, 2.45) is 0 Å². The summed E-state index contributed by atoms with van der Waals surface area (Å²) in [6.45, 7) is 1.91. The monoisotopic (exact) mass is 410 g/mol. The molecule has 2 atom stereocenters. The summed E-state index contributed by atoms with van der Waals surface area (Å²) in [6.07, 6.45) is 1.90. The molecule has 0 aliphatic carbocycles. The van der Waals surface area contributed by atoms with Gasteiger partial charge in [0.2, 0.25) is 0 Å². The zero-order chi connectivity index (χ0) is 19.4. The van der Waals surface area contributed by atoms with Gasteiger partial charge in [0, 0.05) is 39.3 Å². The highest BCUT2D eigenvalue weighted by Crippen LogP contribution is 2.48. The minimum absolute atomic E-state index is 0.0591. The number of carbonyl (C=O) groups excluding carboxylic acids is 1. The van der Waals surface area contributed by atoms with Gasteiger partial charge in [-0.15, -0.1) is 0 Å². The first-order valence-corrected chi connectivity index (χ1v) is 9.82. The molecule has 0 radical (unpaired) electrons. The zero-order valence-corrected chi connectivity index (χ0v) is 16.5. The van der Waals surface area contributed by atoms with Crippen molar-refractivity contribution >= 4 is 51.3 Å². The van der Waals surface area contributed by atoms with Crippen LogP contribution in [-0.4, -0.2) is 16.9 Å². The van der Waals surface area contributed by atoms with E-state index in [9.17, 15) is 4.79 Å². The van der Waals surface area contributed by atoms with Gasteiger partial charge in [-0.3, -0.25) is 9.78 Å². The molecule has 0 fully saturated rings. The van der Waals surface area contributed by atoms with Crippen molar-refractivity contribution in [3.63, 3.8) is 0 Å². The summed E-state index contributed by atoms with van der Waals surface area (Å²) in [4.78, 5) is 17.5. The van der Waals surface area contributed by atoms with E-state index in [1.807, 2.05) is 37.3 Å². The van der Waals surface area contributed by atoms with Crippen molar-refractivity contribution in [2.45, 2.75) is 25.5 Å². The second kappa shape index (κ2) is 6.50. The van der Waals surface area contributed by atoms with Crippen LogP contribution in [0, 0.1) is 0 Å². The van der Waals surface area contributed by atoms with Gasteiger partial charge in [0.15, 0.2) is 5.78 Å². The number of rotatable bonds is 1. The molecule has 0 spiro atoms. The number of aromatic nitrogens is 1. The van der Waals surface area contributed by atoms with Crippen molar-refractivity contribution in [1.82, 2.24) is 4.98 Å². The number of benzene rings is 2. The fourth-order valence-corrected chi connectivity index (χ4v) is 4.52. The van der Waals surface area contributed by atoms with E-state index in [4.69, 9.17) is 27.9 Å². The van der Waals surface area contributed by atoms with Crippen LogP contribution in [0.3, 0.4) is 0 Å². The number of ketones is 1. The number of nitrogens with one attached hydrogen (secondary N) is 1. The molecular weight excluding hydrogens is 395 g/mol. The second-order valence-electron chi connectivity index (χ2n) is 7.10.